The van der Waals surface area contributed by atoms with Gasteiger partial charge in [0.25, 0.3) is 0 Å². The number of benzene rings is 1. The van der Waals surface area contributed by atoms with Gasteiger partial charge in [0, 0.05) is 43.9 Å². The molecule has 140 valence electrons. The molecule has 1 aromatic carbocycles. The summed E-state index contributed by atoms with van der Waals surface area (Å²) in [6.45, 7) is 6.55. The van der Waals surface area contributed by atoms with E-state index in [0.717, 1.165) is 56.1 Å². The number of likely N-dealkylation sites (tertiary alicyclic amines) is 1. The predicted octanol–water partition coefficient (Wildman–Crippen LogP) is 3.12. The third-order valence-corrected chi connectivity index (χ3v) is 5.54. The Labute approximate surface area is 153 Å². The lowest BCUT2D eigenvalue weighted by Crippen LogP contribution is -2.49. The lowest BCUT2D eigenvalue weighted by atomic mass is 9.97. The molecule has 0 aliphatic carbocycles. The fourth-order valence-corrected chi connectivity index (χ4v) is 3.90. The van der Waals surface area contributed by atoms with Crippen molar-refractivity contribution in [2.45, 2.75) is 38.4 Å². The van der Waals surface area contributed by atoms with Gasteiger partial charge in [0.05, 0.1) is 5.69 Å². The fraction of sp³-hybridized carbons (Fsp3) is 0.550. The van der Waals surface area contributed by atoms with Crippen LogP contribution >= 0.6 is 0 Å². The Kier molecular flexibility index (Phi) is 5.05. The second kappa shape index (κ2) is 7.45. The third-order valence-electron chi connectivity index (χ3n) is 5.54. The van der Waals surface area contributed by atoms with Crippen LogP contribution in [0.2, 0.25) is 0 Å². The van der Waals surface area contributed by atoms with Crippen molar-refractivity contribution in [3.63, 3.8) is 0 Å². The van der Waals surface area contributed by atoms with Gasteiger partial charge in [-0.25, -0.2) is 13.8 Å². The first kappa shape index (κ1) is 17.6. The van der Waals surface area contributed by atoms with Gasteiger partial charge < -0.3 is 9.88 Å². The molecule has 0 amide bonds. The van der Waals surface area contributed by atoms with Crippen LogP contribution in [0.4, 0.5) is 8.78 Å². The minimum absolute atomic E-state index is 0.190. The zero-order chi connectivity index (χ0) is 18.1. The van der Waals surface area contributed by atoms with Crippen LogP contribution < -0.4 is 5.32 Å². The molecule has 26 heavy (non-hydrogen) atoms. The van der Waals surface area contributed by atoms with E-state index in [9.17, 15) is 8.78 Å². The van der Waals surface area contributed by atoms with Crippen molar-refractivity contribution in [1.82, 2.24) is 19.8 Å². The van der Waals surface area contributed by atoms with Crippen LogP contribution in [0.15, 0.2) is 24.4 Å². The van der Waals surface area contributed by atoms with Crippen molar-refractivity contribution in [2.75, 3.05) is 32.7 Å². The molecule has 0 unspecified atom stereocenters. The summed E-state index contributed by atoms with van der Waals surface area (Å²) in [6, 6.07) is 5.16. The quantitative estimate of drug-likeness (QED) is 0.889. The van der Waals surface area contributed by atoms with E-state index in [0.29, 0.717) is 24.6 Å². The number of aryl methyl sites for hydroxylation is 1. The largest absolute Gasteiger partial charge is 0.333 e. The third kappa shape index (κ3) is 3.67. The van der Waals surface area contributed by atoms with E-state index in [2.05, 4.69) is 21.0 Å². The van der Waals surface area contributed by atoms with Gasteiger partial charge in [-0.05, 0) is 56.6 Å². The number of nitrogens with one attached hydrogen (secondary N) is 1. The molecule has 2 aromatic rings. The predicted molar refractivity (Wildman–Crippen MR) is 98.5 cm³/mol. The van der Waals surface area contributed by atoms with Crippen LogP contribution in [0.25, 0.3) is 11.3 Å². The maximum absolute atomic E-state index is 13.6. The van der Waals surface area contributed by atoms with Crippen LogP contribution in [-0.4, -0.2) is 53.3 Å². The summed E-state index contributed by atoms with van der Waals surface area (Å²) in [5.41, 5.74) is 2.48. The normalized spacial score (nSPS) is 19.7. The van der Waals surface area contributed by atoms with E-state index in [-0.39, 0.29) is 5.82 Å². The molecule has 2 aliphatic heterocycles. The van der Waals surface area contributed by atoms with Crippen LogP contribution in [-0.2, 0) is 6.54 Å². The lowest BCUT2D eigenvalue weighted by molar-refractivity contribution is 0.0625. The monoisotopic (exact) mass is 360 g/mol. The van der Waals surface area contributed by atoms with Gasteiger partial charge in [0.2, 0.25) is 0 Å². The van der Waals surface area contributed by atoms with Gasteiger partial charge in [-0.3, -0.25) is 4.90 Å². The molecule has 6 heteroatoms. The summed E-state index contributed by atoms with van der Waals surface area (Å²) < 4.78 is 28.9. The lowest BCUT2D eigenvalue weighted by Gasteiger charge is -2.34. The number of imidazole rings is 1. The number of nitrogens with zero attached hydrogens (tertiary/aromatic N) is 3. The van der Waals surface area contributed by atoms with E-state index < -0.39 is 6.17 Å². The van der Waals surface area contributed by atoms with Crippen molar-refractivity contribution in [2.24, 2.45) is 0 Å². The van der Waals surface area contributed by atoms with E-state index >= 15 is 0 Å². The molecule has 2 saturated heterocycles. The molecule has 1 aromatic heterocycles. The highest BCUT2D eigenvalue weighted by Gasteiger charge is 2.27. The minimum Gasteiger partial charge on any atom is -0.333 e. The van der Waals surface area contributed by atoms with E-state index in [4.69, 9.17) is 4.98 Å². The Balaban J connectivity index is 1.59. The number of piperidine rings is 1. The summed E-state index contributed by atoms with van der Waals surface area (Å²) in [4.78, 5) is 7.07. The van der Waals surface area contributed by atoms with Gasteiger partial charge in [0.1, 0.15) is 17.8 Å². The van der Waals surface area contributed by atoms with Crippen LogP contribution in [0.1, 0.15) is 30.1 Å². The maximum atomic E-state index is 13.6. The first-order valence-corrected chi connectivity index (χ1v) is 9.51. The molecule has 0 radical (unpaired) electrons. The number of alkyl halides is 1. The topological polar surface area (TPSA) is 33.1 Å². The number of hydrogen-bond acceptors (Lipinski definition) is 3. The fourth-order valence-electron chi connectivity index (χ4n) is 3.90. The highest BCUT2D eigenvalue weighted by molar-refractivity contribution is 5.60. The zero-order valence-corrected chi connectivity index (χ0v) is 15.2. The Hall–Kier alpha value is -1.79. The minimum atomic E-state index is -0.667. The molecule has 0 spiro atoms. The molecule has 4 rings (SSSR count). The molecule has 4 nitrogen and oxygen atoms in total. The molecule has 1 N–H and O–H groups in total. The first-order valence-electron chi connectivity index (χ1n) is 9.51. The van der Waals surface area contributed by atoms with Gasteiger partial charge in [0.15, 0.2) is 0 Å². The van der Waals surface area contributed by atoms with Crippen molar-refractivity contribution < 1.29 is 8.78 Å². The zero-order valence-electron chi connectivity index (χ0n) is 15.2. The smallest absolute Gasteiger partial charge is 0.126 e. The summed E-state index contributed by atoms with van der Waals surface area (Å²) in [5.74, 6) is 1.36. The van der Waals surface area contributed by atoms with Crippen LogP contribution in [0, 0.1) is 12.7 Å². The highest BCUT2D eigenvalue weighted by Crippen LogP contribution is 2.29. The Morgan fingerprint density at radius 2 is 1.96 bits per heavy atom. The SMILES string of the molecule is Cc1cc(-c2cn(CCN3CC(F)C3)c(C3CCNCC3)n2)ccc1F. The molecular formula is C20H26F2N4. The summed E-state index contributed by atoms with van der Waals surface area (Å²) in [6.07, 6.45) is 3.57. The summed E-state index contributed by atoms with van der Waals surface area (Å²) in [7, 11) is 0. The van der Waals surface area contributed by atoms with Gasteiger partial charge in [-0.1, -0.05) is 0 Å². The highest BCUT2D eigenvalue weighted by atomic mass is 19.1. The number of rotatable bonds is 5. The molecular weight excluding hydrogens is 334 g/mol. The van der Waals surface area contributed by atoms with Gasteiger partial charge >= 0.3 is 0 Å². The molecule has 3 heterocycles. The van der Waals surface area contributed by atoms with Crippen molar-refractivity contribution in [3.05, 3.63) is 41.6 Å². The van der Waals surface area contributed by atoms with E-state index in [1.165, 1.54) is 6.07 Å². The van der Waals surface area contributed by atoms with Crippen molar-refractivity contribution in [3.8, 4) is 11.3 Å². The molecule has 2 aliphatic rings. The van der Waals surface area contributed by atoms with Crippen molar-refractivity contribution >= 4 is 0 Å². The first-order chi connectivity index (χ1) is 12.6. The van der Waals surface area contributed by atoms with Crippen LogP contribution in [0.3, 0.4) is 0 Å². The Bertz CT molecular complexity index is 761. The summed E-state index contributed by atoms with van der Waals surface area (Å²) in [5, 5.41) is 3.40. The number of hydrogen-bond donors (Lipinski definition) is 1. The average Bonchev–Trinajstić information content (AvgIpc) is 3.05. The number of halogens is 2. The summed E-state index contributed by atoms with van der Waals surface area (Å²) >= 11 is 0. The standard InChI is InChI=1S/C20H26F2N4/c1-14-10-16(2-3-18(14)22)19-13-26(9-8-25-11-17(21)12-25)20(24-19)15-4-6-23-7-5-15/h2-3,10,13,15,17,23H,4-9,11-12H2,1H3. The maximum Gasteiger partial charge on any atom is 0.126 e. The van der Waals surface area contributed by atoms with Gasteiger partial charge in [-0.15, -0.1) is 0 Å². The molecule has 0 atom stereocenters. The van der Waals surface area contributed by atoms with Gasteiger partial charge in [-0.2, -0.15) is 0 Å². The second-order valence-corrected chi connectivity index (χ2v) is 7.52. The van der Waals surface area contributed by atoms with Crippen molar-refractivity contribution in [1.29, 1.82) is 0 Å². The van der Waals surface area contributed by atoms with E-state index in [1.54, 1.807) is 13.0 Å². The second-order valence-electron chi connectivity index (χ2n) is 7.52. The van der Waals surface area contributed by atoms with Crippen LogP contribution in [0.5, 0.6) is 0 Å². The molecule has 2 fully saturated rings. The molecule has 0 saturated carbocycles. The Morgan fingerprint density at radius 3 is 2.65 bits per heavy atom. The average molecular weight is 360 g/mol. The van der Waals surface area contributed by atoms with E-state index in [1.807, 2.05) is 6.07 Å². The molecule has 0 bridgehead atoms. The number of aromatic nitrogens is 2. The Morgan fingerprint density at radius 1 is 1.19 bits per heavy atom.